The summed E-state index contributed by atoms with van der Waals surface area (Å²) in [6, 6.07) is 0. The van der Waals surface area contributed by atoms with Gasteiger partial charge in [-0.2, -0.15) is 0 Å². The van der Waals surface area contributed by atoms with Crippen molar-refractivity contribution >= 4 is 11.6 Å². The van der Waals surface area contributed by atoms with Crippen LogP contribution in [0, 0.1) is 5.92 Å². The van der Waals surface area contributed by atoms with Crippen LogP contribution in [0.3, 0.4) is 0 Å². The van der Waals surface area contributed by atoms with E-state index in [4.69, 9.17) is 21.1 Å². The van der Waals surface area contributed by atoms with Gasteiger partial charge in [0.25, 0.3) is 0 Å². The van der Waals surface area contributed by atoms with Crippen LogP contribution in [0.5, 0.6) is 0 Å². The minimum absolute atomic E-state index is 0.122. The molecule has 6 nitrogen and oxygen atoms in total. The molecule has 7 heteroatoms. The van der Waals surface area contributed by atoms with Gasteiger partial charge < -0.3 is 29.9 Å². The lowest BCUT2D eigenvalue weighted by Gasteiger charge is -2.41. The van der Waals surface area contributed by atoms with Crippen molar-refractivity contribution in [2.24, 2.45) is 5.92 Å². The Morgan fingerprint density at radius 2 is 1.88 bits per heavy atom. The number of alkyl halides is 1. The maximum Gasteiger partial charge on any atom is 0.169 e. The molecule has 0 spiro atoms. The van der Waals surface area contributed by atoms with Crippen LogP contribution < -0.4 is 0 Å². The van der Waals surface area contributed by atoms with Gasteiger partial charge in [0, 0.05) is 6.42 Å². The number of rotatable bonds is 0. The predicted molar refractivity (Wildman–Crippen MR) is 50.5 cm³/mol. The average molecular weight is 253 g/mol. The number of aliphatic hydroxyl groups excluding tert-OH is 2. The van der Waals surface area contributed by atoms with E-state index in [1.807, 2.05) is 0 Å². The Labute approximate surface area is 96.3 Å². The highest BCUT2D eigenvalue weighted by molar-refractivity contribution is 6.22. The lowest BCUT2D eigenvalue weighted by Crippen LogP contribution is -2.57. The van der Waals surface area contributed by atoms with Gasteiger partial charge in [-0.3, -0.25) is 0 Å². The number of ether oxygens (including phenoxy) is 2. The fourth-order valence-corrected chi connectivity index (χ4v) is 3.53. The number of aliphatic hydroxyl groups is 4. The van der Waals surface area contributed by atoms with Crippen molar-refractivity contribution in [3.63, 3.8) is 0 Å². The Bertz CT molecular complexity index is 327. The van der Waals surface area contributed by atoms with E-state index >= 15 is 0 Å². The lowest BCUT2D eigenvalue weighted by atomic mass is 9.80. The third-order valence-corrected chi connectivity index (χ3v) is 4.50. The molecule has 2 aliphatic heterocycles. The molecule has 2 saturated heterocycles. The predicted octanol–water partition coefficient (Wildman–Crippen LogP) is -1.86. The van der Waals surface area contributed by atoms with Crippen molar-refractivity contribution in [3.8, 4) is 0 Å². The topological polar surface area (TPSA) is 99.4 Å². The second kappa shape index (κ2) is 3.08. The fraction of sp³-hybridized carbons (Fsp3) is 1.00. The van der Waals surface area contributed by atoms with Gasteiger partial charge in [0.05, 0.1) is 17.9 Å². The van der Waals surface area contributed by atoms with E-state index in [-0.39, 0.29) is 13.0 Å². The molecule has 92 valence electrons. The first-order valence-electron chi connectivity index (χ1n) is 5.11. The molecule has 1 unspecified atom stereocenters. The van der Waals surface area contributed by atoms with Crippen molar-refractivity contribution in [1.29, 1.82) is 0 Å². The third kappa shape index (κ3) is 1.08. The molecular formula is C9H13ClO6. The monoisotopic (exact) mass is 252 g/mol. The molecule has 0 aromatic rings. The summed E-state index contributed by atoms with van der Waals surface area (Å²) in [5.41, 5.74) is -3.18. The molecule has 2 heterocycles. The average Bonchev–Trinajstić information content (AvgIpc) is 2.61. The van der Waals surface area contributed by atoms with Gasteiger partial charge in [-0.15, -0.1) is 11.6 Å². The lowest BCUT2D eigenvalue weighted by molar-refractivity contribution is -0.303. The Hall–Kier alpha value is 0.0500. The van der Waals surface area contributed by atoms with E-state index in [1.165, 1.54) is 0 Å². The zero-order valence-corrected chi connectivity index (χ0v) is 9.04. The van der Waals surface area contributed by atoms with Gasteiger partial charge in [-0.25, -0.2) is 0 Å². The molecule has 3 rings (SSSR count). The highest BCUT2D eigenvalue weighted by atomic mass is 35.5. The second-order valence-corrected chi connectivity index (χ2v) is 5.25. The van der Waals surface area contributed by atoms with Crippen LogP contribution in [-0.2, 0) is 9.47 Å². The normalized spacial score (nSPS) is 64.7. The highest BCUT2D eigenvalue weighted by Gasteiger charge is 2.74. The van der Waals surface area contributed by atoms with Gasteiger partial charge >= 0.3 is 0 Å². The van der Waals surface area contributed by atoms with Gasteiger partial charge in [0.1, 0.15) is 17.3 Å². The Morgan fingerprint density at radius 3 is 2.56 bits per heavy atom. The minimum atomic E-state index is -1.67. The first-order valence-corrected chi connectivity index (χ1v) is 5.55. The van der Waals surface area contributed by atoms with Crippen LogP contribution in [0.1, 0.15) is 6.42 Å². The van der Waals surface area contributed by atoms with Crippen LogP contribution in [-0.4, -0.2) is 62.3 Å². The summed E-state index contributed by atoms with van der Waals surface area (Å²) in [6.45, 7) is -0.122. The maximum absolute atomic E-state index is 10.4. The molecular weight excluding hydrogens is 240 g/mol. The molecule has 3 aliphatic rings. The molecule has 16 heavy (non-hydrogen) atoms. The summed E-state index contributed by atoms with van der Waals surface area (Å²) in [5, 5.41) is 38.9. The molecule has 0 bridgehead atoms. The third-order valence-electron chi connectivity index (χ3n) is 3.89. The quantitative estimate of drug-likeness (QED) is 0.378. The Kier molecular flexibility index (Phi) is 2.15. The smallest absolute Gasteiger partial charge is 0.169 e. The summed E-state index contributed by atoms with van der Waals surface area (Å²) in [4.78, 5) is 0. The molecule has 0 amide bonds. The molecule has 3 fully saturated rings. The van der Waals surface area contributed by atoms with Crippen LogP contribution in [0.2, 0.25) is 0 Å². The summed E-state index contributed by atoms with van der Waals surface area (Å²) in [6.07, 6.45) is -3.67. The standard InChI is InChI=1S/C9H13ClO6/c10-5-6(12)8(13)1-3(11)16-7-4(8)9(5,14)2-15-7/h3-7,11-14H,1-2H2/t3-,4-,5?,6+,7-,8-,9+/m0/s1. The summed E-state index contributed by atoms with van der Waals surface area (Å²) >= 11 is 5.93. The largest absolute Gasteiger partial charge is 0.388 e. The first kappa shape index (κ1) is 11.2. The van der Waals surface area contributed by atoms with Gasteiger partial charge in [-0.05, 0) is 0 Å². The SMILES string of the molecule is O[C@@H]1C[C@@]2(O)[C@H](O)C(Cl)[C@@]3(O)CO[C@@H](O1)[C@@H]23. The Morgan fingerprint density at radius 1 is 1.19 bits per heavy atom. The maximum atomic E-state index is 10.4. The van der Waals surface area contributed by atoms with Crippen molar-refractivity contribution in [2.75, 3.05) is 6.61 Å². The summed E-state index contributed by atoms with van der Waals surface area (Å²) in [5.74, 6) is -0.833. The molecule has 1 aliphatic carbocycles. The van der Waals surface area contributed by atoms with E-state index in [1.54, 1.807) is 0 Å². The highest BCUT2D eigenvalue weighted by Crippen LogP contribution is 2.56. The number of hydrogen-bond donors (Lipinski definition) is 4. The van der Waals surface area contributed by atoms with Crippen molar-refractivity contribution in [1.82, 2.24) is 0 Å². The molecule has 7 atom stereocenters. The van der Waals surface area contributed by atoms with Gasteiger partial charge in [0.2, 0.25) is 0 Å². The second-order valence-electron chi connectivity index (χ2n) is 4.78. The van der Waals surface area contributed by atoms with Crippen LogP contribution >= 0.6 is 11.6 Å². The molecule has 0 aromatic heterocycles. The fourth-order valence-electron chi connectivity index (χ4n) is 3.12. The Balaban J connectivity index is 2.07. The molecule has 0 aromatic carbocycles. The van der Waals surface area contributed by atoms with Crippen LogP contribution in [0.15, 0.2) is 0 Å². The first-order chi connectivity index (χ1) is 7.39. The van der Waals surface area contributed by atoms with E-state index in [0.717, 1.165) is 0 Å². The van der Waals surface area contributed by atoms with Gasteiger partial charge in [-0.1, -0.05) is 0 Å². The van der Waals surface area contributed by atoms with Crippen molar-refractivity contribution in [2.45, 2.75) is 41.7 Å². The zero-order chi connectivity index (χ0) is 11.7. The number of hydrogen-bond acceptors (Lipinski definition) is 6. The number of halogens is 1. The molecule has 1 saturated carbocycles. The summed E-state index contributed by atoms with van der Waals surface area (Å²) in [7, 11) is 0. The summed E-state index contributed by atoms with van der Waals surface area (Å²) < 4.78 is 10.2. The van der Waals surface area contributed by atoms with E-state index in [0.29, 0.717) is 0 Å². The molecule has 4 N–H and O–H groups in total. The van der Waals surface area contributed by atoms with E-state index in [2.05, 4.69) is 0 Å². The van der Waals surface area contributed by atoms with Crippen LogP contribution in [0.25, 0.3) is 0 Å². The van der Waals surface area contributed by atoms with E-state index in [9.17, 15) is 20.4 Å². The zero-order valence-electron chi connectivity index (χ0n) is 8.28. The van der Waals surface area contributed by atoms with E-state index < -0.39 is 41.2 Å². The van der Waals surface area contributed by atoms with Crippen molar-refractivity contribution in [3.05, 3.63) is 0 Å². The molecule has 0 radical (unpaired) electrons. The van der Waals surface area contributed by atoms with Gasteiger partial charge in [0.15, 0.2) is 12.6 Å². The van der Waals surface area contributed by atoms with Crippen molar-refractivity contribution < 1.29 is 29.9 Å². The van der Waals surface area contributed by atoms with Crippen LogP contribution in [0.4, 0.5) is 0 Å². The minimum Gasteiger partial charge on any atom is -0.388 e.